The van der Waals surface area contributed by atoms with Gasteiger partial charge in [0.15, 0.2) is 6.23 Å². The van der Waals surface area contributed by atoms with Crippen LogP contribution in [0.15, 0.2) is 18.3 Å². The first-order valence-corrected chi connectivity index (χ1v) is 13.9. The zero-order valence-electron chi connectivity index (χ0n) is 20.4. The van der Waals surface area contributed by atoms with Gasteiger partial charge in [-0.2, -0.15) is 30.2 Å². The van der Waals surface area contributed by atoms with Gasteiger partial charge in [0.2, 0.25) is 5.88 Å². The summed E-state index contributed by atoms with van der Waals surface area (Å²) in [6.07, 6.45) is 0.751. The molecule has 3 aliphatic rings. The lowest BCUT2D eigenvalue weighted by Gasteiger charge is -2.33. The normalized spacial score (nSPS) is 25.6. The summed E-state index contributed by atoms with van der Waals surface area (Å²) in [7, 11) is -3.73. The molecule has 0 aromatic carbocycles. The van der Waals surface area contributed by atoms with Crippen LogP contribution in [0.3, 0.4) is 0 Å². The zero-order chi connectivity index (χ0) is 26.6. The molecule has 0 spiro atoms. The Morgan fingerprint density at radius 3 is 2.57 bits per heavy atom. The Hall–Kier alpha value is -2.00. The van der Waals surface area contributed by atoms with Gasteiger partial charge in [-0.15, -0.1) is 0 Å². The maximum Gasteiger partial charge on any atom is 0.490 e. The van der Waals surface area contributed by atoms with E-state index in [-0.39, 0.29) is 24.0 Å². The number of carbonyl (C=O) groups is 1. The van der Waals surface area contributed by atoms with Gasteiger partial charge >= 0.3 is 12.1 Å². The van der Waals surface area contributed by atoms with Gasteiger partial charge in [0.05, 0.1) is 19.3 Å². The van der Waals surface area contributed by atoms with Crippen LogP contribution in [0, 0.1) is 11.8 Å². The van der Waals surface area contributed by atoms with Gasteiger partial charge in [0.25, 0.3) is 10.2 Å². The van der Waals surface area contributed by atoms with Crippen LogP contribution in [0.4, 0.5) is 13.2 Å². The number of pyridine rings is 1. The summed E-state index contributed by atoms with van der Waals surface area (Å²) in [5.41, 5.74) is 5.67. The summed E-state index contributed by atoms with van der Waals surface area (Å²) >= 11 is 0. The van der Waals surface area contributed by atoms with E-state index in [1.807, 2.05) is 0 Å². The number of morpholine rings is 1. The van der Waals surface area contributed by atoms with E-state index < -0.39 is 34.6 Å². The van der Waals surface area contributed by atoms with Crippen LogP contribution in [0.25, 0.3) is 0 Å². The molecule has 10 nitrogen and oxygen atoms in total. The molecule has 208 valence electrons. The standard InChI is InChI=1S/C23H33F3N4O6S/c24-23(25,26)22(31)36-21(27)17-6-7-28-20(13-17)35-15-19-12-18(16-4-2-1-3-5-16)14-30(19)37(32,33)29-8-10-34-11-9-29/h6-7,13,16,18-19,21H,1-5,8-12,14-15,27H2/t18-,19+,21?/m1/s1. The molecule has 0 bridgehead atoms. The van der Waals surface area contributed by atoms with Crippen molar-refractivity contribution in [2.45, 2.75) is 57.0 Å². The lowest BCUT2D eigenvalue weighted by molar-refractivity contribution is -0.205. The Kier molecular flexibility index (Phi) is 8.94. The molecule has 1 aromatic heterocycles. The minimum Gasteiger partial charge on any atom is -0.476 e. The van der Waals surface area contributed by atoms with Crippen molar-refractivity contribution in [2.75, 3.05) is 39.5 Å². The maximum atomic E-state index is 13.5. The van der Waals surface area contributed by atoms with Crippen molar-refractivity contribution in [3.8, 4) is 5.88 Å². The summed E-state index contributed by atoms with van der Waals surface area (Å²) in [5, 5.41) is 0. The first kappa shape index (κ1) is 28.0. The molecule has 0 amide bonds. The third-order valence-electron chi connectivity index (χ3n) is 7.28. The van der Waals surface area contributed by atoms with Crippen molar-refractivity contribution < 1.29 is 40.6 Å². The Balaban J connectivity index is 1.45. The highest BCUT2D eigenvalue weighted by atomic mass is 32.2. The number of nitrogens with two attached hydrogens (primary N) is 1. The molecule has 1 aliphatic carbocycles. The van der Waals surface area contributed by atoms with E-state index in [1.165, 1.54) is 33.4 Å². The number of nitrogens with zero attached hydrogens (tertiary/aromatic N) is 3. The number of carbonyl (C=O) groups excluding carboxylic acids is 1. The molecule has 3 fully saturated rings. The van der Waals surface area contributed by atoms with Gasteiger partial charge in [-0.3, -0.25) is 5.73 Å². The number of rotatable bonds is 8. The van der Waals surface area contributed by atoms with Gasteiger partial charge in [-0.25, -0.2) is 9.78 Å². The van der Waals surface area contributed by atoms with Crippen LogP contribution in [-0.4, -0.2) is 79.7 Å². The number of ether oxygens (including phenoxy) is 3. The summed E-state index contributed by atoms with van der Waals surface area (Å²) in [6.45, 7) is 1.70. The quantitative estimate of drug-likeness (QED) is 0.387. The van der Waals surface area contributed by atoms with E-state index in [1.54, 1.807) is 0 Å². The summed E-state index contributed by atoms with van der Waals surface area (Å²) in [5.74, 6) is -1.67. The molecular weight excluding hydrogens is 517 g/mol. The molecule has 1 saturated carbocycles. The van der Waals surface area contributed by atoms with E-state index in [9.17, 15) is 26.4 Å². The SMILES string of the molecule is NC(OC(=O)C(F)(F)F)c1ccnc(OC[C@@H]2C[C@@H](C3CCCCC3)CN2S(=O)(=O)N2CCOCC2)c1. The first-order chi connectivity index (χ1) is 17.6. The lowest BCUT2D eigenvalue weighted by atomic mass is 9.79. The van der Waals surface area contributed by atoms with Gasteiger partial charge in [0, 0.05) is 37.5 Å². The molecule has 3 heterocycles. The van der Waals surface area contributed by atoms with Crippen molar-refractivity contribution in [1.29, 1.82) is 0 Å². The van der Waals surface area contributed by atoms with Crippen LogP contribution >= 0.6 is 0 Å². The Bertz CT molecular complexity index is 1030. The smallest absolute Gasteiger partial charge is 0.476 e. The highest BCUT2D eigenvalue weighted by Crippen LogP contribution is 2.39. The highest BCUT2D eigenvalue weighted by Gasteiger charge is 2.45. The monoisotopic (exact) mass is 550 g/mol. The van der Waals surface area contributed by atoms with Crippen LogP contribution in [0.2, 0.25) is 0 Å². The minimum absolute atomic E-state index is 0.0147. The molecule has 3 atom stereocenters. The Morgan fingerprint density at radius 1 is 1.19 bits per heavy atom. The van der Waals surface area contributed by atoms with Gasteiger partial charge in [-0.1, -0.05) is 32.1 Å². The molecule has 1 unspecified atom stereocenters. The summed E-state index contributed by atoms with van der Waals surface area (Å²) in [4.78, 5) is 15.2. The second kappa shape index (κ2) is 11.8. The maximum absolute atomic E-state index is 13.5. The van der Waals surface area contributed by atoms with Crippen molar-refractivity contribution in [3.05, 3.63) is 23.9 Å². The zero-order valence-corrected chi connectivity index (χ0v) is 21.3. The van der Waals surface area contributed by atoms with E-state index in [0.29, 0.717) is 45.2 Å². The Labute approximate surface area is 214 Å². The van der Waals surface area contributed by atoms with E-state index in [2.05, 4.69) is 9.72 Å². The number of hydrogen-bond donors (Lipinski definition) is 1. The predicted molar refractivity (Wildman–Crippen MR) is 125 cm³/mol. The second-order valence-corrected chi connectivity index (χ2v) is 11.6. The number of halogens is 3. The lowest BCUT2D eigenvalue weighted by Crippen LogP contribution is -2.51. The summed E-state index contributed by atoms with van der Waals surface area (Å²) < 4.78 is 82.9. The second-order valence-electron chi connectivity index (χ2n) is 9.70. The number of alkyl halides is 3. The molecule has 14 heteroatoms. The largest absolute Gasteiger partial charge is 0.490 e. The van der Waals surface area contributed by atoms with Gasteiger partial charge in [0.1, 0.15) is 6.61 Å². The van der Waals surface area contributed by atoms with Gasteiger partial charge < -0.3 is 14.2 Å². The minimum atomic E-state index is -5.17. The molecular formula is C23H33F3N4O6S. The number of aromatic nitrogens is 1. The molecule has 4 rings (SSSR count). The molecule has 1 aromatic rings. The van der Waals surface area contributed by atoms with Crippen molar-refractivity contribution in [1.82, 2.24) is 13.6 Å². The number of hydrogen-bond acceptors (Lipinski definition) is 8. The number of esters is 1. The van der Waals surface area contributed by atoms with Crippen LogP contribution in [-0.2, 0) is 24.5 Å². The average molecular weight is 551 g/mol. The fraction of sp³-hybridized carbons (Fsp3) is 0.739. The topological polar surface area (TPSA) is 124 Å². The van der Waals surface area contributed by atoms with Crippen LogP contribution in [0.1, 0.15) is 50.3 Å². The van der Waals surface area contributed by atoms with E-state index in [4.69, 9.17) is 15.2 Å². The molecule has 0 radical (unpaired) electrons. The third kappa shape index (κ3) is 6.91. The predicted octanol–water partition coefficient (Wildman–Crippen LogP) is 2.37. The van der Waals surface area contributed by atoms with Crippen molar-refractivity contribution >= 4 is 16.2 Å². The fourth-order valence-corrected chi connectivity index (χ4v) is 7.15. The first-order valence-electron chi connectivity index (χ1n) is 12.5. The van der Waals surface area contributed by atoms with Crippen molar-refractivity contribution in [3.63, 3.8) is 0 Å². The average Bonchev–Trinajstić information content (AvgIpc) is 3.33. The van der Waals surface area contributed by atoms with Crippen molar-refractivity contribution in [2.24, 2.45) is 17.6 Å². The van der Waals surface area contributed by atoms with Gasteiger partial charge in [-0.05, 0) is 24.3 Å². The summed E-state index contributed by atoms with van der Waals surface area (Å²) in [6, 6.07) is 2.16. The molecule has 2 aliphatic heterocycles. The Morgan fingerprint density at radius 2 is 1.89 bits per heavy atom. The van der Waals surface area contributed by atoms with E-state index in [0.717, 1.165) is 25.7 Å². The van der Waals surface area contributed by atoms with Crippen LogP contribution in [0.5, 0.6) is 5.88 Å². The fourth-order valence-electron chi connectivity index (χ4n) is 5.34. The third-order valence-corrected chi connectivity index (χ3v) is 9.34. The molecule has 2 saturated heterocycles. The molecule has 37 heavy (non-hydrogen) atoms. The van der Waals surface area contributed by atoms with Crippen LogP contribution < -0.4 is 10.5 Å². The van der Waals surface area contributed by atoms with E-state index >= 15 is 0 Å². The molecule has 2 N–H and O–H groups in total. The highest BCUT2D eigenvalue weighted by molar-refractivity contribution is 7.86.